The lowest BCUT2D eigenvalue weighted by Crippen LogP contribution is -2.26. The van der Waals surface area contributed by atoms with Crippen LogP contribution in [0.25, 0.3) is 32.7 Å². The number of hydrogen-bond acceptors (Lipinski definition) is 6. The molecule has 200 valence electrons. The summed E-state index contributed by atoms with van der Waals surface area (Å²) in [7, 11) is 0. The van der Waals surface area contributed by atoms with E-state index in [-0.39, 0.29) is 23.0 Å². The molecule has 0 amide bonds. The Kier molecular flexibility index (Phi) is 7.30. The van der Waals surface area contributed by atoms with Crippen LogP contribution in [0.2, 0.25) is 0 Å². The lowest BCUT2D eigenvalue weighted by Gasteiger charge is -2.35. The first-order chi connectivity index (χ1) is 19.4. The standard InChI is InChI=1S/C34H26O4.H3NS/c1-34(25-13-7-22(8-14-25)21-5-3-2-4-6-21,32-28-19-26(35)15-9-23(28)11-17-30(32)37)33-29-20-27(36)16-10-24(29)12-18-31(33)38;1-2/h2-20,35-38H,1H3;2H,1H2. The average molecular weight is 548 g/mol. The van der Waals surface area contributed by atoms with Gasteiger partial charge in [0.15, 0.2) is 0 Å². The van der Waals surface area contributed by atoms with Crippen molar-refractivity contribution in [3.05, 3.63) is 132 Å². The summed E-state index contributed by atoms with van der Waals surface area (Å²) in [4.78, 5) is 0. The minimum absolute atomic E-state index is 0.0364. The van der Waals surface area contributed by atoms with E-state index in [0.29, 0.717) is 21.9 Å². The van der Waals surface area contributed by atoms with Gasteiger partial charge < -0.3 is 20.4 Å². The first-order valence-corrected chi connectivity index (χ1v) is 13.2. The summed E-state index contributed by atoms with van der Waals surface area (Å²) in [5.41, 5.74) is 2.96. The van der Waals surface area contributed by atoms with Gasteiger partial charge in [0.25, 0.3) is 0 Å². The molecule has 0 atom stereocenters. The van der Waals surface area contributed by atoms with Crippen molar-refractivity contribution in [1.29, 1.82) is 0 Å². The van der Waals surface area contributed by atoms with E-state index in [9.17, 15) is 20.4 Å². The van der Waals surface area contributed by atoms with Crippen LogP contribution in [-0.4, -0.2) is 20.4 Å². The Balaban J connectivity index is 0.00000158. The molecule has 5 nitrogen and oxygen atoms in total. The van der Waals surface area contributed by atoms with Crippen LogP contribution >= 0.6 is 12.8 Å². The third-order valence-electron chi connectivity index (χ3n) is 7.54. The van der Waals surface area contributed by atoms with E-state index in [2.05, 4.69) is 18.0 Å². The minimum atomic E-state index is -1.08. The Morgan fingerprint density at radius 2 is 0.950 bits per heavy atom. The van der Waals surface area contributed by atoms with E-state index in [1.807, 2.05) is 61.5 Å². The van der Waals surface area contributed by atoms with Gasteiger partial charge in [0, 0.05) is 11.1 Å². The molecule has 0 spiro atoms. The monoisotopic (exact) mass is 547 g/mol. The summed E-state index contributed by atoms with van der Waals surface area (Å²) < 4.78 is 0. The van der Waals surface area contributed by atoms with Gasteiger partial charge in [-0.3, -0.25) is 5.14 Å². The number of nitrogens with two attached hydrogens (primary N) is 1. The Bertz CT molecular complexity index is 1720. The second-order valence-electron chi connectivity index (χ2n) is 9.80. The Morgan fingerprint density at radius 3 is 1.43 bits per heavy atom. The van der Waals surface area contributed by atoms with Crippen LogP contribution in [0.1, 0.15) is 23.6 Å². The van der Waals surface area contributed by atoms with E-state index >= 15 is 0 Å². The van der Waals surface area contributed by atoms with Crippen molar-refractivity contribution in [3.8, 4) is 34.1 Å². The highest BCUT2D eigenvalue weighted by Gasteiger charge is 2.39. The molecular weight excluding hydrogens is 518 g/mol. The summed E-state index contributed by atoms with van der Waals surface area (Å²) >= 11 is 3.03. The number of benzene rings is 6. The first kappa shape index (κ1) is 26.9. The molecule has 0 aliphatic heterocycles. The molecule has 0 unspecified atom stereocenters. The van der Waals surface area contributed by atoms with Gasteiger partial charge in [-0.1, -0.05) is 78.9 Å². The molecule has 0 bridgehead atoms. The van der Waals surface area contributed by atoms with Crippen LogP contribution in [0.4, 0.5) is 0 Å². The molecule has 0 fully saturated rings. The zero-order valence-electron chi connectivity index (χ0n) is 21.8. The fourth-order valence-corrected chi connectivity index (χ4v) is 5.68. The predicted molar refractivity (Wildman–Crippen MR) is 165 cm³/mol. The van der Waals surface area contributed by atoms with Crippen LogP contribution < -0.4 is 5.14 Å². The fourth-order valence-electron chi connectivity index (χ4n) is 5.68. The number of hydrogen-bond donors (Lipinski definition) is 6. The van der Waals surface area contributed by atoms with Crippen molar-refractivity contribution >= 4 is 34.4 Å². The largest absolute Gasteiger partial charge is 0.508 e. The number of fused-ring (bicyclic) bond motifs is 2. The smallest absolute Gasteiger partial charge is 0.120 e. The topological polar surface area (TPSA) is 107 Å². The molecule has 0 aliphatic rings. The lowest BCUT2D eigenvalue weighted by molar-refractivity contribution is 0.445. The van der Waals surface area contributed by atoms with Gasteiger partial charge in [-0.25, -0.2) is 0 Å². The molecule has 6 rings (SSSR count). The number of thiol groups is 1. The molecule has 6 N–H and O–H groups in total. The summed E-state index contributed by atoms with van der Waals surface area (Å²) in [6.07, 6.45) is 0. The van der Waals surface area contributed by atoms with Crippen molar-refractivity contribution < 1.29 is 20.4 Å². The molecule has 0 saturated heterocycles. The molecule has 6 heteroatoms. The van der Waals surface area contributed by atoms with Crippen molar-refractivity contribution in [1.82, 2.24) is 0 Å². The molecule has 0 aliphatic carbocycles. The Morgan fingerprint density at radius 1 is 0.525 bits per heavy atom. The van der Waals surface area contributed by atoms with Gasteiger partial charge in [0.1, 0.15) is 23.0 Å². The molecule has 0 heterocycles. The zero-order valence-corrected chi connectivity index (χ0v) is 22.7. The quantitative estimate of drug-likeness (QED) is 0.101. The van der Waals surface area contributed by atoms with Crippen molar-refractivity contribution in [2.24, 2.45) is 5.14 Å². The molecular formula is C34H29NO4S. The Labute approximate surface area is 238 Å². The van der Waals surface area contributed by atoms with E-state index in [0.717, 1.165) is 27.5 Å². The number of aromatic hydroxyl groups is 4. The first-order valence-electron chi connectivity index (χ1n) is 12.7. The van der Waals surface area contributed by atoms with E-state index in [1.165, 1.54) is 0 Å². The van der Waals surface area contributed by atoms with Crippen LogP contribution in [0, 0.1) is 0 Å². The second kappa shape index (κ2) is 10.8. The summed E-state index contributed by atoms with van der Waals surface area (Å²) in [5, 5.41) is 50.8. The predicted octanol–water partition coefficient (Wildman–Crippen LogP) is 7.63. The zero-order chi connectivity index (χ0) is 28.4. The van der Waals surface area contributed by atoms with Gasteiger partial charge in [0.2, 0.25) is 0 Å². The van der Waals surface area contributed by atoms with Crippen molar-refractivity contribution in [2.75, 3.05) is 0 Å². The highest BCUT2D eigenvalue weighted by atomic mass is 32.1. The molecule has 0 aromatic heterocycles. The normalized spacial score (nSPS) is 11.3. The number of phenolic OH excluding ortho intramolecular Hbond substituents is 4. The highest BCUT2D eigenvalue weighted by Crippen LogP contribution is 2.51. The van der Waals surface area contributed by atoms with Gasteiger partial charge in [-0.15, -0.1) is 12.8 Å². The van der Waals surface area contributed by atoms with E-state index < -0.39 is 5.41 Å². The van der Waals surface area contributed by atoms with Crippen LogP contribution in [0.15, 0.2) is 115 Å². The SMILES string of the molecule is CC(c1ccc(-c2ccccc2)cc1)(c1c(O)ccc2ccc(O)cc12)c1c(O)ccc2ccc(O)cc12.NS. The maximum absolute atomic E-state index is 11.4. The van der Waals surface area contributed by atoms with Gasteiger partial charge in [-0.05, 0) is 81.6 Å². The lowest BCUT2D eigenvalue weighted by atomic mass is 9.67. The van der Waals surface area contributed by atoms with Crippen LogP contribution in [0.5, 0.6) is 23.0 Å². The van der Waals surface area contributed by atoms with E-state index in [4.69, 9.17) is 0 Å². The summed E-state index contributed by atoms with van der Waals surface area (Å²) in [5.74, 6) is 0.223. The molecule has 6 aromatic carbocycles. The maximum Gasteiger partial charge on any atom is 0.120 e. The molecule has 40 heavy (non-hydrogen) atoms. The van der Waals surface area contributed by atoms with Gasteiger partial charge in [-0.2, -0.15) is 0 Å². The van der Waals surface area contributed by atoms with Gasteiger partial charge in [0.05, 0.1) is 5.41 Å². The average Bonchev–Trinajstić information content (AvgIpc) is 2.98. The van der Waals surface area contributed by atoms with Crippen molar-refractivity contribution in [3.63, 3.8) is 0 Å². The Hall–Kier alpha value is -4.65. The maximum atomic E-state index is 11.4. The molecule has 6 aromatic rings. The number of phenols is 4. The summed E-state index contributed by atoms with van der Waals surface area (Å²) in [6.45, 7) is 1.96. The molecule has 0 radical (unpaired) electrons. The number of rotatable bonds is 4. The van der Waals surface area contributed by atoms with Gasteiger partial charge >= 0.3 is 0 Å². The second-order valence-corrected chi connectivity index (χ2v) is 9.80. The summed E-state index contributed by atoms with van der Waals surface area (Å²) in [6, 6.07) is 35.2. The van der Waals surface area contributed by atoms with Crippen LogP contribution in [-0.2, 0) is 5.41 Å². The van der Waals surface area contributed by atoms with E-state index in [1.54, 1.807) is 60.7 Å². The fraction of sp³-hybridized carbons (Fsp3) is 0.0588. The van der Waals surface area contributed by atoms with Crippen molar-refractivity contribution in [2.45, 2.75) is 12.3 Å². The third-order valence-corrected chi connectivity index (χ3v) is 7.54. The third kappa shape index (κ3) is 4.57. The highest BCUT2D eigenvalue weighted by molar-refractivity contribution is 7.77. The molecule has 0 saturated carbocycles. The minimum Gasteiger partial charge on any atom is -0.508 e. The van der Waals surface area contributed by atoms with Crippen LogP contribution in [0.3, 0.4) is 0 Å².